The minimum atomic E-state index is -0.939. The molecule has 0 aliphatic heterocycles. The Labute approximate surface area is 92.1 Å². The molecule has 0 aliphatic carbocycles. The molecule has 15 heavy (non-hydrogen) atoms. The molecule has 0 saturated carbocycles. The van der Waals surface area contributed by atoms with Crippen LogP contribution in [-0.4, -0.2) is 24.3 Å². The van der Waals surface area contributed by atoms with Crippen LogP contribution in [-0.2, 0) is 9.53 Å². The second kappa shape index (κ2) is 9.71. The highest BCUT2D eigenvalue weighted by Crippen LogP contribution is 2.08. The number of hydrogen-bond acceptors (Lipinski definition) is 3. The first kappa shape index (κ1) is 14.2. The maximum atomic E-state index is 10.8. The highest BCUT2D eigenvalue weighted by Gasteiger charge is 2.13. The smallest absolute Gasteiger partial charge is 0.334 e. The highest BCUT2D eigenvalue weighted by atomic mass is 16.5. The van der Waals surface area contributed by atoms with E-state index in [-0.39, 0.29) is 0 Å². The van der Waals surface area contributed by atoms with Crippen molar-refractivity contribution in [1.82, 2.24) is 0 Å². The fraction of sp³-hybridized carbons (Fsp3) is 0.750. The third-order valence-corrected chi connectivity index (χ3v) is 2.31. The second-order valence-electron chi connectivity index (χ2n) is 3.60. The summed E-state index contributed by atoms with van der Waals surface area (Å²) in [6.45, 7) is 2.02. The van der Waals surface area contributed by atoms with Crippen LogP contribution in [0.5, 0.6) is 0 Å². The Bertz CT molecular complexity index is 187. The van der Waals surface area contributed by atoms with Gasteiger partial charge in [0.25, 0.3) is 0 Å². The Hall–Kier alpha value is -0.830. The Morgan fingerprint density at radius 2 is 2.00 bits per heavy atom. The number of carbonyl (C=O) groups excluding carboxylic acids is 1. The third kappa shape index (κ3) is 8.18. The van der Waals surface area contributed by atoms with Gasteiger partial charge in [0, 0.05) is 0 Å². The molecule has 0 rings (SSSR count). The molecule has 0 aromatic carbocycles. The van der Waals surface area contributed by atoms with Gasteiger partial charge < -0.3 is 9.84 Å². The van der Waals surface area contributed by atoms with Gasteiger partial charge in [-0.15, -0.1) is 0 Å². The number of methoxy groups -OCH3 is 1. The fourth-order valence-corrected chi connectivity index (χ4v) is 1.37. The molecule has 0 aliphatic rings. The summed E-state index contributed by atoms with van der Waals surface area (Å²) in [5.41, 5.74) is 0. The number of rotatable bonds is 8. The first-order valence-electron chi connectivity index (χ1n) is 5.59. The monoisotopic (exact) mass is 214 g/mol. The summed E-state index contributed by atoms with van der Waals surface area (Å²) >= 11 is 0. The van der Waals surface area contributed by atoms with Gasteiger partial charge in [-0.25, -0.2) is 4.79 Å². The zero-order valence-electron chi connectivity index (χ0n) is 9.74. The van der Waals surface area contributed by atoms with Gasteiger partial charge in [-0.05, 0) is 26.2 Å². The van der Waals surface area contributed by atoms with Gasteiger partial charge in [-0.3, -0.25) is 0 Å². The van der Waals surface area contributed by atoms with E-state index in [9.17, 15) is 9.90 Å². The van der Waals surface area contributed by atoms with Gasteiger partial charge in [0.1, 0.15) is 0 Å². The highest BCUT2D eigenvalue weighted by molar-refractivity contribution is 5.74. The van der Waals surface area contributed by atoms with Crippen LogP contribution in [0.15, 0.2) is 12.2 Å². The molecule has 0 aromatic heterocycles. The van der Waals surface area contributed by atoms with E-state index in [1.54, 1.807) is 0 Å². The minimum absolute atomic E-state index is 0.510. The molecule has 0 bridgehead atoms. The van der Waals surface area contributed by atoms with Gasteiger partial charge in [0.2, 0.25) is 0 Å². The number of unbranched alkanes of at least 4 members (excludes halogenated alkanes) is 4. The number of hydrogen-bond donors (Lipinski definition) is 1. The molecule has 88 valence electrons. The number of esters is 1. The van der Waals surface area contributed by atoms with Gasteiger partial charge >= 0.3 is 5.97 Å². The number of allylic oxidation sites excluding steroid dienone is 2. The van der Waals surface area contributed by atoms with Crippen LogP contribution < -0.4 is 0 Å². The van der Waals surface area contributed by atoms with Crippen LogP contribution in [0.4, 0.5) is 0 Å². The van der Waals surface area contributed by atoms with Crippen LogP contribution in [0.3, 0.4) is 0 Å². The van der Waals surface area contributed by atoms with E-state index in [0.29, 0.717) is 6.42 Å². The lowest BCUT2D eigenvalue weighted by atomic mass is 10.1. The number of carbonyl (C=O) groups is 1. The first-order valence-corrected chi connectivity index (χ1v) is 5.59. The summed E-state index contributed by atoms with van der Waals surface area (Å²) in [7, 11) is 1.29. The molecule has 1 atom stereocenters. The molecule has 3 nitrogen and oxygen atoms in total. The normalized spacial score (nSPS) is 13.0. The molecule has 1 N–H and O–H groups in total. The molecule has 0 saturated heterocycles. The molecule has 0 amide bonds. The van der Waals surface area contributed by atoms with Gasteiger partial charge in [-0.2, -0.15) is 0 Å². The fourth-order valence-electron chi connectivity index (χ4n) is 1.37. The first-order chi connectivity index (χ1) is 7.22. The van der Waals surface area contributed by atoms with Gasteiger partial charge in [-0.1, -0.05) is 31.4 Å². The number of aliphatic hydroxyl groups excluding tert-OH is 1. The zero-order chi connectivity index (χ0) is 11.5. The van der Waals surface area contributed by atoms with Crippen LogP contribution in [0, 0.1) is 0 Å². The second-order valence-corrected chi connectivity index (χ2v) is 3.60. The van der Waals surface area contributed by atoms with E-state index in [2.05, 4.69) is 16.9 Å². The molecule has 0 aromatic rings. The predicted octanol–water partition coefficient (Wildman–Crippen LogP) is 2.44. The van der Waals surface area contributed by atoms with Crippen LogP contribution >= 0.6 is 0 Å². The van der Waals surface area contributed by atoms with Crippen molar-refractivity contribution in [2.75, 3.05) is 7.11 Å². The molecule has 0 fully saturated rings. The van der Waals surface area contributed by atoms with Crippen LogP contribution in [0.25, 0.3) is 0 Å². The summed E-state index contributed by atoms with van der Waals surface area (Å²) in [6, 6.07) is 0. The van der Waals surface area contributed by atoms with Crippen molar-refractivity contribution in [3.63, 3.8) is 0 Å². The summed E-state index contributed by atoms with van der Waals surface area (Å²) in [4.78, 5) is 10.8. The average molecular weight is 214 g/mol. The standard InChI is InChI=1S/C12H22O3/c1-3-4-5-6-7-8-9-10-11(13)12(14)15-2/h3-4,11,13H,5-10H2,1-2H3/b4-3+. The van der Waals surface area contributed by atoms with E-state index in [4.69, 9.17) is 0 Å². The van der Waals surface area contributed by atoms with Crippen molar-refractivity contribution < 1.29 is 14.6 Å². The summed E-state index contributed by atoms with van der Waals surface area (Å²) in [5, 5.41) is 9.27. The predicted molar refractivity (Wildman–Crippen MR) is 60.5 cm³/mol. The Kier molecular flexibility index (Phi) is 9.18. The SMILES string of the molecule is C/C=C/CCCCCCC(O)C(=O)OC. The van der Waals surface area contributed by atoms with E-state index < -0.39 is 12.1 Å². The minimum Gasteiger partial charge on any atom is -0.467 e. The van der Waals surface area contributed by atoms with E-state index in [1.807, 2.05) is 6.92 Å². The zero-order valence-corrected chi connectivity index (χ0v) is 9.74. The lowest BCUT2D eigenvalue weighted by Crippen LogP contribution is -2.21. The summed E-state index contributed by atoms with van der Waals surface area (Å²) < 4.78 is 4.42. The average Bonchev–Trinajstić information content (AvgIpc) is 2.26. The maximum absolute atomic E-state index is 10.8. The molecule has 0 spiro atoms. The van der Waals surface area contributed by atoms with Crippen molar-refractivity contribution in [1.29, 1.82) is 0 Å². The van der Waals surface area contributed by atoms with E-state index in [0.717, 1.165) is 25.7 Å². The quantitative estimate of drug-likeness (QED) is 0.383. The van der Waals surface area contributed by atoms with Gasteiger partial charge in [0.05, 0.1) is 7.11 Å². The topological polar surface area (TPSA) is 46.5 Å². The molecule has 3 heteroatoms. The molecule has 0 heterocycles. The summed E-state index contributed by atoms with van der Waals surface area (Å²) in [6.07, 6.45) is 9.18. The molecule has 1 unspecified atom stereocenters. The Balaban J connectivity index is 3.27. The largest absolute Gasteiger partial charge is 0.467 e. The maximum Gasteiger partial charge on any atom is 0.334 e. The lowest BCUT2D eigenvalue weighted by Gasteiger charge is -2.07. The van der Waals surface area contributed by atoms with Crippen molar-refractivity contribution in [3.8, 4) is 0 Å². The molecule has 0 radical (unpaired) electrons. The number of aliphatic hydroxyl groups is 1. The van der Waals surface area contributed by atoms with Crippen molar-refractivity contribution in [2.24, 2.45) is 0 Å². The molecular weight excluding hydrogens is 192 g/mol. The molecular formula is C12H22O3. The van der Waals surface area contributed by atoms with Gasteiger partial charge in [0.15, 0.2) is 6.10 Å². The number of ether oxygens (including phenoxy) is 1. The third-order valence-electron chi connectivity index (χ3n) is 2.31. The van der Waals surface area contributed by atoms with Crippen LogP contribution in [0.1, 0.15) is 45.4 Å². The van der Waals surface area contributed by atoms with E-state index in [1.165, 1.54) is 13.5 Å². The Morgan fingerprint density at radius 1 is 1.33 bits per heavy atom. The van der Waals surface area contributed by atoms with E-state index >= 15 is 0 Å². The van der Waals surface area contributed by atoms with Crippen molar-refractivity contribution in [3.05, 3.63) is 12.2 Å². The van der Waals surface area contributed by atoms with Crippen molar-refractivity contribution in [2.45, 2.75) is 51.6 Å². The lowest BCUT2D eigenvalue weighted by molar-refractivity contribution is -0.150. The summed E-state index contributed by atoms with van der Waals surface area (Å²) in [5.74, 6) is -0.524. The van der Waals surface area contributed by atoms with Crippen LogP contribution in [0.2, 0.25) is 0 Å². The Morgan fingerprint density at radius 3 is 2.60 bits per heavy atom. The van der Waals surface area contributed by atoms with Crippen molar-refractivity contribution >= 4 is 5.97 Å².